The van der Waals surface area contributed by atoms with Gasteiger partial charge in [0, 0.05) is 51.7 Å². The van der Waals surface area contributed by atoms with E-state index in [1.165, 1.54) is 22.3 Å². The Hall–Kier alpha value is -10.2. The van der Waals surface area contributed by atoms with Crippen molar-refractivity contribution in [3.8, 4) is 11.1 Å². The van der Waals surface area contributed by atoms with Crippen molar-refractivity contribution < 1.29 is 19.1 Å². The molecular formula is C88H37N3O4. The Labute approximate surface area is 529 Å². The number of fused-ring (bicyclic) bond motifs is 3. The Balaban J connectivity index is 0.742. The van der Waals surface area contributed by atoms with E-state index in [2.05, 4.69) is 63.6 Å². The Morgan fingerprint density at radius 3 is 0.895 bits per heavy atom. The van der Waals surface area contributed by atoms with Crippen molar-refractivity contribution in [2.24, 2.45) is 0 Å². The van der Waals surface area contributed by atoms with Crippen LogP contribution in [0.15, 0.2) is 48.5 Å². The minimum Gasteiger partial charge on any atom is -0.460 e. The predicted octanol–water partition coefficient (Wildman–Crippen LogP) is 18.8. The largest absolute Gasteiger partial charge is 0.460 e. The van der Waals surface area contributed by atoms with E-state index >= 15 is 0 Å². The molecule has 0 saturated carbocycles. The molecule has 2 fully saturated rings. The van der Waals surface area contributed by atoms with Crippen molar-refractivity contribution in [3.63, 3.8) is 0 Å². The summed E-state index contributed by atoms with van der Waals surface area (Å²) in [6, 6.07) is 17.3. The van der Waals surface area contributed by atoms with Gasteiger partial charge in [-0.05, 0) is 346 Å². The highest BCUT2D eigenvalue weighted by molar-refractivity contribution is 6.78. The molecular weight excluding hydrogens is 1160 g/mol. The Kier molecular flexibility index (Phi) is 4.56. The topological polar surface area (TPSA) is 71.1 Å². The summed E-state index contributed by atoms with van der Waals surface area (Å²) in [4.78, 5) is 34.5. The van der Waals surface area contributed by atoms with Crippen LogP contribution in [0.25, 0.3) is 270 Å². The number of esters is 1. The standard InChI is InChI=1S/C88H37N3O4/c1-84(2,3)95-26(92)12-14-90-17-85-75-59-48-37-30-31-35-28-27-32-29-33(28)44-53-42(35)49-38(31)40-39(37)50-47-51(40)62-60(49)76-64(53)66-55(44)46-36(29)45-54-43(32)52(41(48)34(27)30)63(75)65(54)77-67-56(45)57(46)68-72-71(67)81(86(77,85)18-90)73-69(79(85)61(50)59)58(47)70-74(73)82(72)88(78(66)68)20-91(19-87(76,88)80(62)70)15-13-89-83(93)94-16-25-23-10-6-4-8-21(23)22-9-5-7-11-24(22)25/h4-11,25H,12-20H2,1-3H3,(H,89,93). The van der Waals surface area contributed by atoms with E-state index in [9.17, 15) is 9.59 Å². The molecule has 7 nitrogen and oxygen atoms in total. The third kappa shape index (κ3) is 2.76. The van der Waals surface area contributed by atoms with Crippen LogP contribution in [0.3, 0.4) is 0 Å². The average Bonchev–Trinajstić information content (AvgIpc) is 1.37. The van der Waals surface area contributed by atoms with Gasteiger partial charge in [0.1, 0.15) is 12.2 Å². The zero-order valence-corrected chi connectivity index (χ0v) is 51.1. The number of likely N-dealkylation sites (tertiary alicyclic amines) is 2. The molecule has 2 saturated heterocycles. The summed E-state index contributed by atoms with van der Waals surface area (Å²) in [7, 11) is 0. The number of alkyl carbamates (subject to hydrolysis) is 1. The molecule has 4 unspecified atom stereocenters. The van der Waals surface area contributed by atoms with E-state index in [1.807, 2.05) is 20.8 Å². The van der Waals surface area contributed by atoms with Crippen molar-refractivity contribution in [3.05, 3.63) is 104 Å². The molecule has 2 aliphatic heterocycles. The SMILES string of the molecule is CC(C)(C)OC(=O)CCN1CC23c4c5c6c7c8c4c4c2c2c9c%10c%11c%12c(c5c5c6c6c%13c%14c%15c%16c%17c(c8c8c4c4c2c2c9c9c%11c%11c%18c%12c5c%13c%18c5c%14c%12c%16c%13c%17c8c4c4c%13c8c%12c5c%11c9c8c24)C72CN(CCNC(=O)OCC4c5ccccc5-c5ccccc54)CC6%152)C%103C1. The van der Waals surface area contributed by atoms with Gasteiger partial charge in [-0.2, -0.15) is 0 Å². The number of hydrogen-bond donors (Lipinski definition) is 1. The van der Waals surface area contributed by atoms with Gasteiger partial charge in [-0.25, -0.2) is 4.79 Å². The zero-order valence-electron chi connectivity index (χ0n) is 51.1. The molecule has 0 bridgehead atoms. The number of amides is 1. The minimum absolute atomic E-state index is 0.00490. The molecule has 4 spiro atoms. The van der Waals surface area contributed by atoms with E-state index in [4.69, 9.17) is 9.47 Å². The minimum atomic E-state index is -0.549. The van der Waals surface area contributed by atoms with E-state index in [0.717, 1.165) is 32.7 Å². The fraction of sp³-hybridized carbons (Fsp3) is 0.205. The maximum absolute atomic E-state index is 14.4. The Bertz CT molecular complexity index is 8590. The highest BCUT2D eigenvalue weighted by Gasteiger charge is 2.77. The summed E-state index contributed by atoms with van der Waals surface area (Å²) in [6.07, 6.45) is 0.0578. The smallest absolute Gasteiger partial charge is 0.407 e. The van der Waals surface area contributed by atoms with Crippen molar-refractivity contribution in [2.45, 2.75) is 60.4 Å². The number of nitrogens with zero attached hydrogens (tertiary/aromatic N) is 2. The van der Waals surface area contributed by atoms with Crippen molar-refractivity contribution >= 4 is 271 Å². The van der Waals surface area contributed by atoms with Gasteiger partial charge >= 0.3 is 12.1 Å². The lowest BCUT2D eigenvalue weighted by Crippen LogP contribution is -2.51. The van der Waals surface area contributed by atoms with Gasteiger partial charge in [-0.3, -0.25) is 9.69 Å². The Morgan fingerprint density at radius 2 is 0.611 bits per heavy atom. The number of rotatable bonds is 8. The lowest BCUT2D eigenvalue weighted by molar-refractivity contribution is -0.155. The third-order valence-corrected chi connectivity index (χ3v) is 31.8. The first kappa shape index (κ1) is 41.5. The first-order valence-corrected chi connectivity index (χ1v) is 35.5. The quantitative estimate of drug-likeness (QED) is 0.121. The normalized spacial score (nSPS) is 24.7. The predicted molar refractivity (Wildman–Crippen MR) is 383 cm³/mol. The van der Waals surface area contributed by atoms with E-state index < -0.39 is 5.60 Å². The van der Waals surface area contributed by atoms with Crippen molar-refractivity contribution in [1.29, 1.82) is 0 Å². The summed E-state index contributed by atoms with van der Waals surface area (Å²) in [5.41, 5.74) is 16.5. The van der Waals surface area contributed by atoms with Crippen molar-refractivity contribution in [2.75, 3.05) is 52.4 Å². The van der Waals surface area contributed by atoms with Crippen LogP contribution in [0.5, 0.6) is 0 Å². The summed E-state index contributed by atoms with van der Waals surface area (Å²) in [6.45, 7) is 12.0. The summed E-state index contributed by atoms with van der Waals surface area (Å²) in [5.74, 6) is -0.0815. The van der Waals surface area contributed by atoms with E-state index in [-0.39, 0.29) is 39.6 Å². The van der Waals surface area contributed by atoms with E-state index in [0.29, 0.717) is 26.1 Å². The van der Waals surface area contributed by atoms with Gasteiger partial charge in [0.2, 0.25) is 0 Å². The van der Waals surface area contributed by atoms with Crippen LogP contribution in [0.1, 0.15) is 88.7 Å². The molecule has 1 N–H and O–H groups in total. The molecule has 428 valence electrons. The first-order valence-electron chi connectivity index (χ1n) is 35.5. The van der Waals surface area contributed by atoms with Gasteiger partial charge in [-0.15, -0.1) is 0 Å². The molecule has 2 heterocycles. The average molecular weight is 1200 g/mol. The third-order valence-electron chi connectivity index (χ3n) is 31.8. The molecule has 26 aromatic rings. The fourth-order valence-corrected chi connectivity index (χ4v) is 31.2. The second kappa shape index (κ2) is 10.4. The van der Waals surface area contributed by atoms with Gasteiger partial charge in [0.15, 0.2) is 0 Å². The fourth-order valence-electron chi connectivity index (χ4n) is 31.2. The van der Waals surface area contributed by atoms with Crippen LogP contribution in [0.4, 0.5) is 4.79 Å². The molecule has 7 heteroatoms. The number of nitrogens with one attached hydrogen (secondary N) is 1. The van der Waals surface area contributed by atoms with Crippen LogP contribution < -0.4 is 5.32 Å². The van der Waals surface area contributed by atoms with Gasteiger partial charge in [-0.1, -0.05) is 48.5 Å². The number of carbonyl (C=O) groups is 2. The summed E-state index contributed by atoms with van der Waals surface area (Å²) >= 11 is 0. The molecule has 0 aromatic heterocycles. The van der Waals surface area contributed by atoms with Gasteiger partial charge in [0.05, 0.1) is 28.1 Å². The molecule has 37 rings (SSSR count). The van der Waals surface area contributed by atoms with Crippen LogP contribution >= 0.6 is 0 Å². The van der Waals surface area contributed by atoms with Crippen LogP contribution in [-0.4, -0.2) is 79.9 Å². The van der Waals surface area contributed by atoms with Crippen LogP contribution in [0, 0.1) is 0 Å². The highest BCUT2D eigenvalue weighted by Crippen LogP contribution is 2.88. The number of hydrogen-bond acceptors (Lipinski definition) is 6. The van der Waals surface area contributed by atoms with Crippen LogP contribution in [-0.2, 0) is 35.9 Å². The molecule has 4 atom stereocenters. The number of benzene rings is 18. The number of carbonyl (C=O) groups excluding carboxylic acids is 2. The van der Waals surface area contributed by atoms with Gasteiger partial charge in [0.25, 0.3) is 0 Å². The molecule has 0 radical (unpaired) electrons. The lowest BCUT2D eigenvalue weighted by Gasteiger charge is -2.51. The van der Waals surface area contributed by atoms with Crippen molar-refractivity contribution in [1.82, 2.24) is 15.1 Å². The lowest BCUT2D eigenvalue weighted by atomic mass is 9.49. The first-order chi connectivity index (χ1) is 46.7. The highest BCUT2D eigenvalue weighted by atomic mass is 16.6. The second-order valence-corrected chi connectivity index (χ2v) is 34.6. The summed E-state index contributed by atoms with van der Waals surface area (Å²) < 4.78 is 12.6. The molecule has 26 aromatic carbocycles. The van der Waals surface area contributed by atoms with E-state index in [1.54, 1.807) is 303 Å². The number of ether oxygens (including phenoxy) is 2. The Morgan fingerprint density at radius 1 is 0.368 bits per heavy atom. The molecule has 1 amide bonds. The summed E-state index contributed by atoms with van der Waals surface area (Å²) in [5, 5.41) is 81.2. The molecule has 95 heavy (non-hydrogen) atoms. The van der Waals surface area contributed by atoms with Crippen LogP contribution in [0.2, 0.25) is 0 Å². The molecule has 11 aliphatic rings. The maximum Gasteiger partial charge on any atom is 0.407 e. The monoisotopic (exact) mass is 1200 g/mol. The van der Waals surface area contributed by atoms with Gasteiger partial charge < -0.3 is 19.7 Å². The second-order valence-electron chi connectivity index (χ2n) is 34.6. The molecule has 9 aliphatic carbocycles. The zero-order chi connectivity index (χ0) is 59.2. The maximum atomic E-state index is 14.4.